The molecule has 0 fully saturated rings. The molecule has 0 N–H and O–H groups in total. The molecule has 0 unspecified atom stereocenters. The van der Waals surface area contributed by atoms with Crippen molar-refractivity contribution in [2.45, 2.75) is 6.54 Å². The highest BCUT2D eigenvalue weighted by atomic mass is 79.9. The third-order valence-electron chi connectivity index (χ3n) is 2.98. The summed E-state index contributed by atoms with van der Waals surface area (Å²) in [6, 6.07) is 11.9. The Morgan fingerprint density at radius 1 is 1.16 bits per heavy atom. The summed E-state index contributed by atoms with van der Waals surface area (Å²) >= 11 is 3.57. The first kappa shape index (κ1) is 12.2. The number of hydrogen-bond donors (Lipinski definition) is 0. The molecule has 0 saturated heterocycles. The molecule has 0 atom stereocenters. The van der Waals surface area contributed by atoms with E-state index >= 15 is 0 Å². The zero-order chi connectivity index (χ0) is 13.1. The smallest absolute Gasteiger partial charge is 0.119 e. The first-order valence-corrected chi connectivity index (χ1v) is 6.90. The second kappa shape index (κ2) is 5.45. The third-order valence-corrected chi connectivity index (χ3v) is 3.61. The van der Waals surface area contributed by atoms with Crippen LogP contribution in [0.5, 0.6) is 5.75 Å². The fraction of sp³-hybridized carbons (Fsp3) is 0.133. The number of fused-ring (bicyclic) bond motifs is 1. The molecule has 0 aliphatic rings. The summed E-state index contributed by atoms with van der Waals surface area (Å²) in [6.45, 7) is 1.43. The highest BCUT2D eigenvalue weighted by molar-refractivity contribution is 9.10. The average molecular weight is 317 g/mol. The minimum Gasteiger partial charge on any atom is -0.492 e. The van der Waals surface area contributed by atoms with Gasteiger partial charge >= 0.3 is 0 Å². The van der Waals surface area contributed by atoms with E-state index in [1.807, 2.05) is 42.6 Å². The standard InChI is InChI=1S/C15H13BrN2O/c16-14-11-18(15-10-17-7-6-13(14)15)8-9-19-12-4-2-1-3-5-12/h1-7,10-11H,8-9H2. The Balaban J connectivity index is 1.72. The number of aromatic nitrogens is 2. The van der Waals surface area contributed by atoms with Gasteiger partial charge in [0.2, 0.25) is 0 Å². The molecule has 0 aliphatic heterocycles. The summed E-state index contributed by atoms with van der Waals surface area (Å²) < 4.78 is 8.95. The predicted molar refractivity (Wildman–Crippen MR) is 79.4 cm³/mol. The van der Waals surface area contributed by atoms with Crippen molar-refractivity contribution in [1.82, 2.24) is 9.55 Å². The van der Waals surface area contributed by atoms with Crippen LogP contribution < -0.4 is 4.74 Å². The van der Waals surface area contributed by atoms with E-state index in [2.05, 4.69) is 31.7 Å². The van der Waals surface area contributed by atoms with Gasteiger partial charge in [0.05, 0.1) is 18.3 Å². The number of benzene rings is 1. The zero-order valence-corrected chi connectivity index (χ0v) is 11.9. The Morgan fingerprint density at radius 3 is 2.84 bits per heavy atom. The lowest BCUT2D eigenvalue weighted by Gasteiger charge is -2.07. The molecule has 2 heterocycles. The van der Waals surface area contributed by atoms with Crippen LogP contribution in [0.1, 0.15) is 0 Å². The van der Waals surface area contributed by atoms with Crippen molar-refractivity contribution in [1.29, 1.82) is 0 Å². The molecular weight excluding hydrogens is 304 g/mol. The fourth-order valence-electron chi connectivity index (χ4n) is 2.06. The van der Waals surface area contributed by atoms with Crippen LogP contribution >= 0.6 is 15.9 Å². The Kier molecular flexibility index (Phi) is 3.51. The minimum absolute atomic E-state index is 0.634. The maximum absolute atomic E-state index is 5.71. The van der Waals surface area contributed by atoms with Gasteiger partial charge in [-0.15, -0.1) is 0 Å². The van der Waals surface area contributed by atoms with Crippen LogP contribution in [0.25, 0.3) is 10.9 Å². The maximum atomic E-state index is 5.71. The Bertz CT molecular complexity index is 679. The van der Waals surface area contributed by atoms with Crippen molar-refractivity contribution in [2.24, 2.45) is 0 Å². The maximum Gasteiger partial charge on any atom is 0.119 e. The minimum atomic E-state index is 0.634. The summed E-state index contributed by atoms with van der Waals surface area (Å²) in [6.07, 6.45) is 5.75. The van der Waals surface area contributed by atoms with E-state index in [1.54, 1.807) is 6.20 Å². The highest BCUT2D eigenvalue weighted by Gasteiger charge is 2.05. The van der Waals surface area contributed by atoms with Crippen LogP contribution in [0.15, 0.2) is 59.5 Å². The largest absolute Gasteiger partial charge is 0.492 e. The van der Waals surface area contributed by atoms with Gasteiger partial charge in [0.15, 0.2) is 0 Å². The van der Waals surface area contributed by atoms with E-state index in [0.717, 1.165) is 22.3 Å². The van der Waals surface area contributed by atoms with Crippen molar-refractivity contribution >= 4 is 26.8 Å². The van der Waals surface area contributed by atoms with Gasteiger partial charge in [0.25, 0.3) is 0 Å². The molecule has 3 aromatic rings. The summed E-state index contributed by atoms with van der Waals surface area (Å²) in [7, 11) is 0. The third kappa shape index (κ3) is 2.63. The van der Waals surface area contributed by atoms with Gasteiger partial charge in [-0.2, -0.15) is 0 Å². The average Bonchev–Trinajstić information content (AvgIpc) is 2.78. The van der Waals surface area contributed by atoms with Crippen LogP contribution in [0, 0.1) is 0 Å². The summed E-state index contributed by atoms with van der Waals surface area (Å²) in [5, 5.41) is 1.18. The van der Waals surface area contributed by atoms with Gasteiger partial charge in [-0.25, -0.2) is 0 Å². The molecule has 0 aliphatic carbocycles. The number of hydrogen-bond acceptors (Lipinski definition) is 2. The Labute approximate surface area is 120 Å². The molecular formula is C15H13BrN2O. The molecule has 0 saturated carbocycles. The van der Waals surface area contributed by atoms with Crippen LogP contribution in [-0.4, -0.2) is 16.2 Å². The van der Waals surface area contributed by atoms with Crippen LogP contribution in [-0.2, 0) is 6.54 Å². The second-order valence-corrected chi connectivity index (χ2v) is 5.08. The predicted octanol–water partition coefficient (Wildman–Crippen LogP) is 3.88. The van der Waals surface area contributed by atoms with E-state index in [4.69, 9.17) is 4.74 Å². The van der Waals surface area contributed by atoms with E-state index in [9.17, 15) is 0 Å². The monoisotopic (exact) mass is 316 g/mol. The molecule has 0 radical (unpaired) electrons. The van der Waals surface area contributed by atoms with Gasteiger partial charge in [0.1, 0.15) is 12.4 Å². The first-order valence-electron chi connectivity index (χ1n) is 6.11. The highest BCUT2D eigenvalue weighted by Crippen LogP contribution is 2.25. The number of ether oxygens (including phenoxy) is 1. The topological polar surface area (TPSA) is 27.1 Å². The lowest BCUT2D eigenvalue weighted by atomic mass is 10.3. The number of para-hydroxylation sites is 1. The normalized spacial score (nSPS) is 10.8. The molecule has 3 rings (SSSR count). The molecule has 0 bridgehead atoms. The Hall–Kier alpha value is -1.81. The lowest BCUT2D eigenvalue weighted by molar-refractivity contribution is 0.300. The zero-order valence-electron chi connectivity index (χ0n) is 10.3. The van der Waals surface area contributed by atoms with Crippen LogP contribution in [0.3, 0.4) is 0 Å². The summed E-state index contributed by atoms with van der Waals surface area (Å²) in [5.41, 5.74) is 1.12. The summed E-state index contributed by atoms with van der Waals surface area (Å²) in [4.78, 5) is 4.17. The van der Waals surface area contributed by atoms with E-state index < -0.39 is 0 Å². The first-order chi connectivity index (χ1) is 9.34. The number of halogens is 1. The molecule has 96 valence electrons. The molecule has 4 heteroatoms. The Morgan fingerprint density at radius 2 is 2.00 bits per heavy atom. The number of rotatable bonds is 4. The summed E-state index contributed by atoms with van der Waals surface area (Å²) in [5.74, 6) is 0.899. The SMILES string of the molecule is Brc1cn(CCOc2ccccc2)c2cnccc12. The molecule has 1 aromatic carbocycles. The van der Waals surface area contributed by atoms with E-state index in [1.165, 1.54) is 5.39 Å². The second-order valence-electron chi connectivity index (χ2n) is 4.22. The van der Waals surface area contributed by atoms with Crippen LogP contribution in [0.2, 0.25) is 0 Å². The number of pyridine rings is 1. The number of nitrogens with zero attached hydrogens (tertiary/aromatic N) is 2. The van der Waals surface area contributed by atoms with E-state index in [0.29, 0.717) is 6.61 Å². The van der Waals surface area contributed by atoms with Crippen LogP contribution in [0.4, 0.5) is 0 Å². The molecule has 0 spiro atoms. The lowest BCUT2D eigenvalue weighted by Crippen LogP contribution is -2.07. The van der Waals surface area contributed by atoms with Crippen molar-refractivity contribution in [2.75, 3.05) is 6.61 Å². The van der Waals surface area contributed by atoms with Gasteiger partial charge in [0, 0.05) is 22.3 Å². The van der Waals surface area contributed by atoms with E-state index in [-0.39, 0.29) is 0 Å². The van der Waals surface area contributed by atoms with Gasteiger partial charge in [-0.1, -0.05) is 18.2 Å². The fourth-order valence-corrected chi connectivity index (χ4v) is 2.64. The van der Waals surface area contributed by atoms with Crippen molar-refractivity contribution in [3.05, 3.63) is 59.5 Å². The van der Waals surface area contributed by atoms with Gasteiger partial charge in [-0.05, 0) is 34.1 Å². The molecule has 0 amide bonds. The quantitative estimate of drug-likeness (QED) is 0.730. The van der Waals surface area contributed by atoms with Gasteiger partial charge < -0.3 is 9.30 Å². The van der Waals surface area contributed by atoms with Crippen molar-refractivity contribution in [3.63, 3.8) is 0 Å². The van der Waals surface area contributed by atoms with Crippen molar-refractivity contribution in [3.8, 4) is 5.75 Å². The molecule has 19 heavy (non-hydrogen) atoms. The molecule has 2 aromatic heterocycles. The van der Waals surface area contributed by atoms with Crippen molar-refractivity contribution < 1.29 is 4.74 Å². The van der Waals surface area contributed by atoms with Gasteiger partial charge in [-0.3, -0.25) is 4.98 Å². The molecule has 3 nitrogen and oxygen atoms in total.